The van der Waals surface area contributed by atoms with Gasteiger partial charge in [0.05, 0.1) is 6.42 Å². The molecule has 1 aliphatic rings. The molecule has 0 spiro atoms. The number of aromatic nitrogens is 1. The molecule has 0 unspecified atom stereocenters. The van der Waals surface area contributed by atoms with E-state index in [-0.39, 0.29) is 11.8 Å². The van der Waals surface area contributed by atoms with Crippen LogP contribution in [0.3, 0.4) is 0 Å². The van der Waals surface area contributed by atoms with Crippen LogP contribution in [0.2, 0.25) is 0 Å². The zero-order valence-electron chi connectivity index (χ0n) is 14.9. The molecular weight excluding hydrogens is 314 g/mol. The van der Waals surface area contributed by atoms with Crippen LogP contribution in [-0.2, 0) is 11.2 Å². The van der Waals surface area contributed by atoms with E-state index < -0.39 is 0 Å². The van der Waals surface area contributed by atoms with Crippen LogP contribution >= 0.6 is 0 Å². The van der Waals surface area contributed by atoms with Crippen molar-refractivity contribution in [1.29, 1.82) is 0 Å². The molecule has 5 nitrogen and oxygen atoms in total. The largest absolute Gasteiger partial charge is 0.357 e. The number of hydrogen-bond donors (Lipinski definition) is 1. The molecule has 0 aliphatic carbocycles. The van der Waals surface area contributed by atoms with Gasteiger partial charge in [-0.3, -0.25) is 9.59 Å². The predicted molar refractivity (Wildman–Crippen MR) is 97.5 cm³/mol. The zero-order chi connectivity index (χ0) is 17.8. The summed E-state index contributed by atoms with van der Waals surface area (Å²) in [5.74, 6) is 0.148. The summed E-state index contributed by atoms with van der Waals surface area (Å²) < 4.78 is 0. The Morgan fingerprint density at radius 2 is 1.80 bits per heavy atom. The van der Waals surface area contributed by atoms with Gasteiger partial charge in [-0.2, -0.15) is 0 Å². The number of nitrogens with one attached hydrogen (secondary N) is 1. The number of rotatable bonds is 3. The van der Waals surface area contributed by atoms with Crippen molar-refractivity contribution in [1.82, 2.24) is 14.8 Å². The summed E-state index contributed by atoms with van der Waals surface area (Å²) in [5, 5.41) is 0. The van der Waals surface area contributed by atoms with Crippen molar-refractivity contribution >= 4 is 11.8 Å². The van der Waals surface area contributed by atoms with E-state index >= 15 is 0 Å². The molecule has 1 aromatic carbocycles. The molecular formula is C20H25N3O2. The second-order valence-electron chi connectivity index (χ2n) is 6.72. The molecule has 3 rings (SSSR count). The summed E-state index contributed by atoms with van der Waals surface area (Å²) in [6.45, 7) is 6.67. The van der Waals surface area contributed by atoms with Gasteiger partial charge in [-0.05, 0) is 43.5 Å². The molecule has 132 valence electrons. The summed E-state index contributed by atoms with van der Waals surface area (Å²) >= 11 is 0. The Kier molecular flexibility index (Phi) is 5.22. The van der Waals surface area contributed by atoms with Gasteiger partial charge in [0.1, 0.15) is 5.69 Å². The molecule has 1 saturated heterocycles. The minimum Gasteiger partial charge on any atom is -0.357 e. The fraction of sp³-hybridized carbons (Fsp3) is 0.400. The van der Waals surface area contributed by atoms with Gasteiger partial charge in [0.25, 0.3) is 5.91 Å². The Balaban J connectivity index is 1.60. The number of aromatic amines is 1. The lowest BCUT2D eigenvalue weighted by molar-refractivity contribution is -0.130. The average molecular weight is 339 g/mol. The minimum absolute atomic E-state index is 0.00804. The molecule has 0 atom stereocenters. The maximum atomic E-state index is 12.7. The Labute approximate surface area is 148 Å². The smallest absolute Gasteiger partial charge is 0.270 e. The van der Waals surface area contributed by atoms with Crippen LogP contribution in [0.15, 0.2) is 36.5 Å². The standard InChI is InChI=1S/C20H25N3O2/c1-15-6-7-17(16(2)13-15)14-19(24)22-9-4-10-23(12-11-22)20(25)18-5-3-8-21-18/h3,5-8,13,21H,4,9-12,14H2,1-2H3. The normalized spacial score (nSPS) is 15.1. The molecule has 25 heavy (non-hydrogen) atoms. The third-order valence-corrected chi connectivity index (χ3v) is 4.80. The van der Waals surface area contributed by atoms with Crippen molar-refractivity contribution in [3.8, 4) is 0 Å². The number of hydrogen-bond acceptors (Lipinski definition) is 2. The van der Waals surface area contributed by atoms with E-state index in [9.17, 15) is 9.59 Å². The molecule has 2 heterocycles. The Bertz CT molecular complexity index is 752. The average Bonchev–Trinajstić information content (AvgIpc) is 3.01. The summed E-state index contributed by atoms with van der Waals surface area (Å²) in [4.78, 5) is 31.8. The minimum atomic E-state index is 0.00804. The van der Waals surface area contributed by atoms with Crippen molar-refractivity contribution < 1.29 is 9.59 Å². The van der Waals surface area contributed by atoms with Gasteiger partial charge in [0.15, 0.2) is 0 Å². The number of H-pyrrole nitrogens is 1. The first-order valence-electron chi connectivity index (χ1n) is 8.81. The van der Waals surface area contributed by atoms with Crippen molar-refractivity contribution in [2.45, 2.75) is 26.7 Å². The fourth-order valence-electron chi connectivity index (χ4n) is 3.32. The van der Waals surface area contributed by atoms with Gasteiger partial charge >= 0.3 is 0 Å². The van der Waals surface area contributed by atoms with Crippen LogP contribution in [0.25, 0.3) is 0 Å². The topological polar surface area (TPSA) is 56.4 Å². The van der Waals surface area contributed by atoms with E-state index in [1.54, 1.807) is 12.3 Å². The Morgan fingerprint density at radius 1 is 1.04 bits per heavy atom. The number of amides is 2. The van der Waals surface area contributed by atoms with Crippen molar-refractivity contribution in [2.24, 2.45) is 0 Å². The molecule has 0 bridgehead atoms. The van der Waals surface area contributed by atoms with E-state index in [0.29, 0.717) is 38.3 Å². The van der Waals surface area contributed by atoms with E-state index in [0.717, 1.165) is 17.5 Å². The van der Waals surface area contributed by atoms with Crippen molar-refractivity contribution in [3.63, 3.8) is 0 Å². The summed E-state index contributed by atoms with van der Waals surface area (Å²) in [7, 11) is 0. The molecule has 2 aromatic rings. The van der Waals surface area contributed by atoms with Crippen molar-refractivity contribution in [3.05, 3.63) is 58.9 Å². The van der Waals surface area contributed by atoms with Gasteiger partial charge < -0.3 is 14.8 Å². The Morgan fingerprint density at radius 3 is 2.52 bits per heavy atom. The van der Waals surface area contributed by atoms with E-state index in [1.807, 2.05) is 21.9 Å². The maximum Gasteiger partial charge on any atom is 0.270 e. The van der Waals surface area contributed by atoms with Gasteiger partial charge in [-0.15, -0.1) is 0 Å². The highest BCUT2D eigenvalue weighted by Gasteiger charge is 2.23. The lowest BCUT2D eigenvalue weighted by Gasteiger charge is -2.22. The van der Waals surface area contributed by atoms with Crippen molar-refractivity contribution in [2.75, 3.05) is 26.2 Å². The van der Waals surface area contributed by atoms with E-state index in [4.69, 9.17) is 0 Å². The van der Waals surface area contributed by atoms with E-state index in [2.05, 4.69) is 31.0 Å². The SMILES string of the molecule is Cc1ccc(CC(=O)N2CCCN(C(=O)c3ccc[nH]3)CC2)c(C)c1. The number of aryl methyl sites for hydroxylation is 2. The summed E-state index contributed by atoms with van der Waals surface area (Å²) in [6.07, 6.45) is 2.99. The molecule has 1 aliphatic heterocycles. The second-order valence-corrected chi connectivity index (χ2v) is 6.72. The second kappa shape index (κ2) is 7.55. The van der Waals surface area contributed by atoms with Gasteiger partial charge in [-0.1, -0.05) is 23.8 Å². The van der Waals surface area contributed by atoms with Crippen LogP contribution in [0.4, 0.5) is 0 Å². The third-order valence-electron chi connectivity index (χ3n) is 4.80. The Hall–Kier alpha value is -2.56. The number of benzene rings is 1. The quantitative estimate of drug-likeness (QED) is 0.934. The van der Waals surface area contributed by atoms with E-state index in [1.165, 1.54) is 5.56 Å². The zero-order valence-corrected chi connectivity index (χ0v) is 14.9. The molecule has 1 N–H and O–H groups in total. The molecule has 5 heteroatoms. The first-order valence-corrected chi connectivity index (χ1v) is 8.81. The molecule has 1 fully saturated rings. The number of nitrogens with zero attached hydrogens (tertiary/aromatic N) is 2. The van der Waals surface area contributed by atoms with Crippen LogP contribution in [0, 0.1) is 13.8 Å². The van der Waals surface area contributed by atoms with Gasteiger partial charge in [-0.25, -0.2) is 0 Å². The summed E-state index contributed by atoms with van der Waals surface area (Å²) in [6, 6.07) is 9.82. The van der Waals surface area contributed by atoms with Crippen LogP contribution in [-0.4, -0.2) is 52.8 Å². The van der Waals surface area contributed by atoms with Gasteiger partial charge in [0.2, 0.25) is 5.91 Å². The lowest BCUT2D eigenvalue weighted by Crippen LogP contribution is -2.38. The van der Waals surface area contributed by atoms with Crippen LogP contribution < -0.4 is 0 Å². The molecule has 0 radical (unpaired) electrons. The fourth-order valence-corrected chi connectivity index (χ4v) is 3.32. The summed E-state index contributed by atoms with van der Waals surface area (Å²) in [5.41, 5.74) is 4.06. The third kappa shape index (κ3) is 4.10. The number of carbonyl (C=O) groups excluding carboxylic acids is 2. The monoisotopic (exact) mass is 339 g/mol. The van der Waals surface area contributed by atoms with Crippen LogP contribution in [0.1, 0.15) is 33.6 Å². The molecule has 1 aromatic heterocycles. The predicted octanol–water partition coefficient (Wildman–Crippen LogP) is 2.55. The molecule has 0 saturated carbocycles. The number of carbonyl (C=O) groups is 2. The highest BCUT2D eigenvalue weighted by Crippen LogP contribution is 2.14. The maximum absolute atomic E-state index is 12.7. The first kappa shape index (κ1) is 17.3. The first-order chi connectivity index (χ1) is 12.0. The lowest BCUT2D eigenvalue weighted by atomic mass is 10.0. The van der Waals surface area contributed by atoms with Gasteiger partial charge in [0, 0.05) is 32.4 Å². The highest BCUT2D eigenvalue weighted by molar-refractivity contribution is 5.92. The highest BCUT2D eigenvalue weighted by atomic mass is 16.2. The molecule has 2 amide bonds. The van der Waals surface area contributed by atoms with Crippen LogP contribution in [0.5, 0.6) is 0 Å².